The van der Waals surface area contributed by atoms with Gasteiger partial charge in [-0.25, -0.2) is 4.98 Å². The van der Waals surface area contributed by atoms with Crippen LogP contribution in [0.3, 0.4) is 0 Å². The number of likely N-dealkylation sites (tertiary alicyclic amines) is 1. The van der Waals surface area contributed by atoms with Gasteiger partial charge >= 0.3 is 0 Å². The van der Waals surface area contributed by atoms with E-state index in [0.29, 0.717) is 6.42 Å². The van der Waals surface area contributed by atoms with Crippen LogP contribution in [-0.4, -0.2) is 27.3 Å². The molecule has 1 unspecified atom stereocenters. The highest BCUT2D eigenvalue weighted by molar-refractivity contribution is 5.79. The van der Waals surface area contributed by atoms with Gasteiger partial charge in [0, 0.05) is 18.4 Å². The molecule has 0 radical (unpaired) electrons. The number of aromatic amines is 1. The van der Waals surface area contributed by atoms with Crippen molar-refractivity contribution in [2.24, 2.45) is 0 Å². The molecule has 1 aliphatic heterocycles. The first-order valence-corrected chi connectivity index (χ1v) is 6.16. The molecule has 4 nitrogen and oxygen atoms in total. The second kappa shape index (κ2) is 4.64. The van der Waals surface area contributed by atoms with Crippen LogP contribution in [-0.2, 0) is 11.2 Å². The number of amides is 1. The number of nitrogens with one attached hydrogen (secondary N) is 1. The lowest BCUT2D eigenvalue weighted by molar-refractivity contribution is -0.138. The van der Waals surface area contributed by atoms with Gasteiger partial charge in [0.1, 0.15) is 0 Å². The smallest absolute Gasteiger partial charge is 0.229 e. The van der Waals surface area contributed by atoms with Gasteiger partial charge in [-0.1, -0.05) is 30.3 Å². The Morgan fingerprint density at radius 2 is 2.22 bits per heavy atom. The van der Waals surface area contributed by atoms with Gasteiger partial charge in [0.25, 0.3) is 0 Å². The van der Waals surface area contributed by atoms with Crippen molar-refractivity contribution in [2.75, 3.05) is 6.54 Å². The Kier molecular flexibility index (Phi) is 2.84. The zero-order valence-electron chi connectivity index (χ0n) is 10.0. The van der Waals surface area contributed by atoms with Gasteiger partial charge < -0.3 is 9.88 Å². The Morgan fingerprint density at radius 3 is 2.83 bits per heavy atom. The lowest BCUT2D eigenvalue weighted by atomic mass is 9.94. The van der Waals surface area contributed by atoms with Crippen LogP contribution in [0.5, 0.6) is 0 Å². The predicted molar refractivity (Wildman–Crippen MR) is 67.8 cm³/mol. The Balaban J connectivity index is 1.68. The molecule has 2 heterocycles. The van der Waals surface area contributed by atoms with Crippen molar-refractivity contribution in [1.29, 1.82) is 0 Å². The maximum atomic E-state index is 12.2. The van der Waals surface area contributed by atoms with Crippen LogP contribution in [0.2, 0.25) is 0 Å². The van der Waals surface area contributed by atoms with Crippen molar-refractivity contribution < 1.29 is 4.79 Å². The Labute approximate surface area is 106 Å². The van der Waals surface area contributed by atoms with E-state index in [-0.39, 0.29) is 11.9 Å². The number of nitrogens with zero attached hydrogens (tertiary/aromatic N) is 2. The molecule has 0 saturated carbocycles. The van der Waals surface area contributed by atoms with Crippen molar-refractivity contribution in [3.05, 3.63) is 54.1 Å². The summed E-state index contributed by atoms with van der Waals surface area (Å²) in [6, 6.07) is 10.5. The van der Waals surface area contributed by atoms with Crippen LogP contribution in [0.25, 0.3) is 0 Å². The fourth-order valence-corrected chi connectivity index (χ4v) is 2.35. The first-order valence-electron chi connectivity index (χ1n) is 6.16. The third kappa shape index (κ3) is 2.01. The van der Waals surface area contributed by atoms with Gasteiger partial charge in [-0.3, -0.25) is 4.79 Å². The third-order valence-corrected chi connectivity index (χ3v) is 3.42. The number of carbonyl (C=O) groups is 1. The van der Waals surface area contributed by atoms with Crippen molar-refractivity contribution in [3.8, 4) is 0 Å². The summed E-state index contributed by atoms with van der Waals surface area (Å²) in [4.78, 5) is 21.0. The van der Waals surface area contributed by atoms with Crippen LogP contribution in [0, 0.1) is 0 Å². The minimum atomic E-state index is 0.166. The lowest BCUT2D eigenvalue weighted by Gasteiger charge is -2.41. The molecule has 1 N–H and O–H groups in total. The van der Waals surface area contributed by atoms with E-state index in [0.717, 1.165) is 18.7 Å². The van der Waals surface area contributed by atoms with E-state index >= 15 is 0 Å². The molecule has 2 aromatic rings. The molecular formula is C14H15N3O. The van der Waals surface area contributed by atoms with Crippen molar-refractivity contribution in [2.45, 2.75) is 18.9 Å². The van der Waals surface area contributed by atoms with E-state index in [1.165, 1.54) is 5.56 Å². The lowest BCUT2D eigenvalue weighted by Crippen LogP contribution is -2.45. The highest BCUT2D eigenvalue weighted by Gasteiger charge is 2.32. The zero-order chi connectivity index (χ0) is 12.4. The molecule has 1 saturated heterocycles. The second-order valence-corrected chi connectivity index (χ2v) is 4.56. The normalized spacial score (nSPS) is 18.4. The van der Waals surface area contributed by atoms with Crippen molar-refractivity contribution in [3.63, 3.8) is 0 Å². The van der Waals surface area contributed by atoms with Crippen LogP contribution < -0.4 is 0 Å². The van der Waals surface area contributed by atoms with Gasteiger partial charge in [-0.15, -0.1) is 0 Å². The van der Waals surface area contributed by atoms with Gasteiger partial charge in [0.2, 0.25) is 5.91 Å². The number of rotatable bonds is 3. The minimum Gasteiger partial charge on any atom is -0.348 e. The summed E-state index contributed by atoms with van der Waals surface area (Å²) >= 11 is 0. The molecule has 1 aromatic heterocycles. The zero-order valence-corrected chi connectivity index (χ0v) is 10.0. The molecule has 1 amide bonds. The fraction of sp³-hybridized carbons (Fsp3) is 0.286. The first kappa shape index (κ1) is 11.0. The molecule has 3 rings (SSSR count). The summed E-state index contributed by atoms with van der Waals surface area (Å²) in [5.41, 5.74) is 2.10. The van der Waals surface area contributed by atoms with E-state index < -0.39 is 0 Å². The van der Waals surface area contributed by atoms with Gasteiger partial charge in [0.05, 0.1) is 18.8 Å². The molecule has 1 fully saturated rings. The fourth-order valence-electron chi connectivity index (χ4n) is 2.35. The average molecular weight is 241 g/mol. The molecule has 92 valence electrons. The van der Waals surface area contributed by atoms with Gasteiger partial charge in [-0.05, 0) is 12.0 Å². The van der Waals surface area contributed by atoms with Crippen LogP contribution in [0.1, 0.15) is 23.7 Å². The van der Waals surface area contributed by atoms with Crippen LogP contribution in [0.15, 0.2) is 42.9 Å². The number of imidazole rings is 1. The quantitative estimate of drug-likeness (QED) is 0.892. The van der Waals surface area contributed by atoms with Gasteiger partial charge in [0.15, 0.2) is 0 Å². The third-order valence-electron chi connectivity index (χ3n) is 3.42. The van der Waals surface area contributed by atoms with E-state index in [1.807, 2.05) is 23.1 Å². The number of aromatic nitrogens is 2. The number of benzene rings is 1. The van der Waals surface area contributed by atoms with E-state index in [1.54, 1.807) is 12.5 Å². The molecule has 1 aliphatic rings. The average Bonchev–Trinajstić information content (AvgIpc) is 2.81. The summed E-state index contributed by atoms with van der Waals surface area (Å²) < 4.78 is 0. The summed E-state index contributed by atoms with van der Waals surface area (Å²) in [5.74, 6) is 0.166. The maximum Gasteiger partial charge on any atom is 0.229 e. The van der Waals surface area contributed by atoms with Crippen molar-refractivity contribution in [1.82, 2.24) is 14.9 Å². The van der Waals surface area contributed by atoms with E-state index in [4.69, 9.17) is 0 Å². The first-order chi connectivity index (χ1) is 8.84. The summed E-state index contributed by atoms with van der Waals surface area (Å²) in [6.45, 7) is 0.854. The number of hydrogen-bond donors (Lipinski definition) is 1. The highest BCUT2D eigenvalue weighted by Crippen LogP contribution is 2.33. The maximum absolute atomic E-state index is 12.2. The van der Waals surface area contributed by atoms with E-state index in [9.17, 15) is 4.79 Å². The van der Waals surface area contributed by atoms with Crippen molar-refractivity contribution >= 4 is 5.91 Å². The second-order valence-electron chi connectivity index (χ2n) is 4.56. The number of hydrogen-bond acceptors (Lipinski definition) is 2. The van der Waals surface area contributed by atoms with Crippen LogP contribution >= 0.6 is 0 Å². The summed E-state index contributed by atoms with van der Waals surface area (Å²) in [5, 5.41) is 0. The number of H-pyrrole nitrogens is 1. The van der Waals surface area contributed by atoms with E-state index in [2.05, 4.69) is 22.1 Å². The Hall–Kier alpha value is -2.10. The molecule has 0 bridgehead atoms. The molecule has 1 aromatic carbocycles. The van der Waals surface area contributed by atoms with Gasteiger partial charge in [-0.2, -0.15) is 0 Å². The SMILES string of the molecule is O=C(Cc1cnc[nH]1)N1CCC1c1ccccc1. The topological polar surface area (TPSA) is 49.0 Å². The predicted octanol–water partition coefficient (Wildman–Crippen LogP) is 1.93. The molecule has 0 aliphatic carbocycles. The Bertz CT molecular complexity index is 521. The molecule has 1 atom stereocenters. The molecule has 0 spiro atoms. The largest absolute Gasteiger partial charge is 0.348 e. The summed E-state index contributed by atoms with van der Waals surface area (Å²) in [6.07, 6.45) is 4.77. The monoisotopic (exact) mass is 241 g/mol. The summed E-state index contributed by atoms with van der Waals surface area (Å²) in [7, 11) is 0. The molecule has 4 heteroatoms. The minimum absolute atomic E-state index is 0.166. The molecule has 18 heavy (non-hydrogen) atoms. The standard InChI is InChI=1S/C14H15N3O/c18-14(8-12-9-15-10-16-12)17-7-6-13(17)11-4-2-1-3-5-11/h1-5,9-10,13H,6-8H2,(H,15,16). The van der Waals surface area contributed by atoms with Crippen LogP contribution in [0.4, 0.5) is 0 Å². The number of carbonyl (C=O) groups excluding carboxylic acids is 1. The Morgan fingerprint density at radius 1 is 1.39 bits per heavy atom. The molecular weight excluding hydrogens is 226 g/mol. The highest BCUT2D eigenvalue weighted by atomic mass is 16.2.